The standard InChI is InChI=1S/C17H21N9O4S2/c27-31(28)14-4-1-3-13(9-14)24-16-19-10-12(15(25-16)18-6-2-7-22-31)5-8-23-32(29,30)17-20-11-21-26-17/h1,3-4,9-11,22-23H,2,5-8H2,(H,20,21,26)(H2,18,19,24,25). The molecule has 0 aliphatic carbocycles. The minimum Gasteiger partial charge on any atom is -0.370 e. The van der Waals surface area contributed by atoms with Crippen LogP contribution in [0.25, 0.3) is 0 Å². The molecule has 2 aromatic heterocycles. The Kier molecular flexibility index (Phi) is 6.31. The Hall–Kier alpha value is -3.14. The van der Waals surface area contributed by atoms with Gasteiger partial charge in [-0.05, 0) is 31.0 Å². The second-order valence-electron chi connectivity index (χ2n) is 6.84. The van der Waals surface area contributed by atoms with Crippen LogP contribution in [0.4, 0.5) is 17.5 Å². The van der Waals surface area contributed by atoms with Crippen LogP contribution in [0.2, 0.25) is 0 Å². The molecule has 0 spiro atoms. The molecule has 4 rings (SSSR count). The molecule has 4 bridgehead atoms. The smallest absolute Gasteiger partial charge is 0.275 e. The van der Waals surface area contributed by atoms with Gasteiger partial charge in [-0.15, -0.1) is 0 Å². The van der Waals surface area contributed by atoms with Crippen LogP contribution in [-0.4, -0.2) is 61.6 Å². The molecule has 170 valence electrons. The minimum absolute atomic E-state index is 0.0929. The van der Waals surface area contributed by atoms with E-state index in [0.29, 0.717) is 36.5 Å². The van der Waals surface area contributed by atoms with Crippen LogP contribution < -0.4 is 20.1 Å². The summed E-state index contributed by atoms with van der Waals surface area (Å²) in [6.45, 7) is 0.792. The van der Waals surface area contributed by atoms with Crippen LogP contribution >= 0.6 is 0 Å². The Morgan fingerprint density at radius 1 is 1.16 bits per heavy atom. The van der Waals surface area contributed by atoms with Gasteiger partial charge in [0.15, 0.2) is 0 Å². The topological polar surface area (TPSA) is 184 Å². The number of benzene rings is 1. The van der Waals surface area contributed by atoms with E-state index in [9.17, 15) is 16.8 Å². The van der Waals surface area contributed by atoms with Gasteiger partial charge >= 0.3 is 0 Å². The molecule has 3 heterocycles. The number of nitrogens with one attached hydrogen (secondary N) is 5. The molecule has 0 unspecified atom stereocenters. The van der Waals surface area contributed by atoms with Crippen molar-refractivity contribution in [1.82, 2.24) is 34.6 Å². The van der Waals surface area contributed by atoms with E-state index in [-0.39, 0.29) is 29.1 Å². The van der Waals surface area contributed by atoms with Gasteiger partial charge in [0, 0.05) is 37.1 Å². The fraction of sp³-hybridized carbons (Fsp3) is 0.294. The summed E-state index contributed by atoms with van der Waals surface area (Å²) in [5, 5.41) is 11.8. The van der Waals surface area contributed by atoms with Crippen molar-refractivity contribution < 1.29 is 16.8 Å². The van der Waals surface area contributed by atoms with E-state index in [1.54, 1.807) is 18.3 Å². The molecule has 1 aliphatic heterocycles. The first-order valence-corrected chi connectivity index (χ1v) is 12.6. The zero-order valence-electron chi connectivity index (χ0n) is 16.7. The number of H-pyrrole nitrogens is 1. The molecule has 0 amide bonds. The Labute approximate surface area is 184 Å². The molecule has 1 aromatic carbocycles. The van der Waals surface area contributed by atoms with Crippen molar-refractivity contribution in [3.63, 3.8) is 0 Å². The maximum atomic E-state index is 12.4. The van der Waals surface area contributed by atoms with Gasteiger partial charge in [-0.3, -0.25) is 0 Å². The fourth-order valence-corrected chi connectivity index (χ4v) is 4.96. The number of sulfonamides is 2. The van der Waals surface area contributed by atoms with E-state index in [2.05, 4.69) is 45.2 Å². The van der Waals surface area contributed by atoms with Crippen LogP contribution in [0.5, 0.6) is 0 Å². The number of aromatic amines is 1. The van der Waals surface area contributed by atoms with E-state index >= 15 is 0 Å². The lowest BCUT2D eigenvalue weighted by Gasteiger charge is -2.13. The average molecular weight is 480 g/mol. The number of fused-ring (bicyclic) bond motifs is 4. The highest BCUT2D eigenvalue weighted by Crippen LogP contribution is 2.21. The second-order valence-corrected chi connectivity index (χ2v) is 10.3. The molecule has 0 atom stereocenters. The highest BCUT2D eigenvalue weighted by atomic mass is 32.2. The van der Waals surface area contributed by atoms with E-state index in [4.69, 9.17) is 0 Å². The Bertz CT molecular complexity index is 1300. The third kappa shape index (κ3) is 5.18. The first-order valence-electron chi connectivity index (χ1n) is 9.65. The lowest BCUT2D eigenvalue weighted by molar-refractivity contribution is 0.572. The lowest BCUT2D eigenvalue weighted by atomic mass is 10.2. The van der Waals surface area contributed by atoms with Gasteiger partial charge in [-0.25, -0.2) is 41.3 Å². The maximum absolute atomic E-state index is 12.4. The van der Waals surface area contributed by atoms with Gasteiger partial charge in [0.2, 0.25) is 16.0 Å². The summed E-state index contributed by atoms with van der Waals surface area (Å²) >= 11 is 0. The van der Waals surface area contributed by atoms with Gasteiger partial charge in [-0.1, -0.05) is 6.07 Å². The molecule has 0 fully saturated rings. The van der Waals surface area contributed by atoms with Gasteiger partial charge < -0.3 is 10.6 Å². The monoisotopic (exact) mass is 479 g/mol. The van der Waals surface area contributed by atoms with E-state index in [0.717, 1.165) is 6.33 Å². The summed E-state index contributed by atoms with van der Waals surface area (Å²) < 4.78 is 54.2. The van der Waals surface area contributed by atoms with E-state index in [1.807, 2.05) is 0 Å². The van der Waals surface area contributed by atoms with Crippen molar-refractivity contribution in [2.75, 3.05) is 30.3 Å². The van der Waals surface area contributed by atoms with Crippen LogP contribution in [0.3, 0.4) is 0 Å². The molecule has 15 heteroatoms. The molecule has 32 heavy (non-hydrogen) atoms. The van der Waals surface area contributed by atoms with Crippen molar-refractivity contribution in [2.45, 2.75) is 22.9 Å². The quantitative estimate of drug-likeness (QED) is 0.332. The predicted octanol–water partition coefficient (Wildman–Crippen LogP) is -0.0468. The largest absolute Gasteiger partial charge is 0.370 e. The molecule has 0 saturated carbocycles. The van der Waals surface area contributed by atoms with Crippen LogP contribution in [0.15, 0.2) is 46.8 Å². The van der Waals surface area contributed by atoms with Crippen molar-refractivity contribution >= 4 is 37.5 Å². The zero-order chi connectivity index (χ0) is 22.6. The first-order chi connectivity index (χ1) is 15.3. The summed E-state index contributed by atoms with van der Waals surface area (Å²) in [6, 6.07) is 6.36. The first kappa shape index (κ1) is 22.1. The van der Waals surface area contributed by atoms with Crippen molar-refractivity contribution in [3.8, 4) is 0 Å². The van der Waals surface area contributed by atoms with Crippen LogP contribution in [-0.2, 0) is 26.5 Å². The predicted molar refractivity (Wildman–Crippen MR) is 115 cm³/mol. The number of rotatable bonds is 5. The third-order valence-electron chi connectivity index (χ3n) is 4.54. The molecule has 13 nitrogen and oxygen atoms in total. The van der Waals surface area contributed by atoms with Gasteiger partial charge in [-0.2, -0.15) is 10.1 Å². The van der Waals surface area contributed by atoms with E-state index in [1.165, 1.54) is 12.1 Å². The summed E-state index contributed by atoms with van der Waals surface area (Å²) in [7, 11) is -7.42. The lowest BCUT2D eigenvalue weighted by Crippen LogP contribution is -2.27. The van der Waals surface area contributed by atoms with Crippen molar-refractivity contribution in [2.24, 2.45) is 0 Å². The normalized spacial score (nSPS) is 16.0. The number of nitrogens with zero attached hydrogens (tertiary/aromatic N) is 4. The molecule has 0 radical (unpaired) electrons. The summed E-state index contributed by atoms with van der Waals surface area (Å²) in [5.41, 5.74) is 1.21. The Morgan fingerprint density at radius 2 is 2.03 bits per heavy atom. The molecular weight excluding hydrogens is 458 g/mol. The summed E-state index contributed by atoms with van der Waals surface area (Å²) in [6.07, 6.45) is 3.54. The van der Waals surface area contributed by atoms with Gasteiger partial charge in [0.1, 0.15) is 12.1 Å². The Balaban J connectivity index is 1.53. The van der Waals surface area contributed by atoms with Crippen LogP contribution in [0, 0.1) is 0 Å². The fourth-order valence-electron chi connectivity index (χ4n) is 2.97. The third-order valence-corrected chi connectivity index (χ3v) is 7.29. The van der Waals surface area contributed by atoms with Crippen molar-refractivity contribution in [3.05, 3.63) is 42.4 Å². The summed E-state index contributed by atoms with van der Waals surface area (Å²) in [5.74, 6) is 0.805. The van der Waals surface area contributed by atoms with E-state index < -0.39 is 20.0 Å². The number of anilines is 3. The highest BCUT2D eigenvalue weighted by molar-refractivity contribution is 7.89. The molecule has 0 saturated heterocycles. The SMILES string of the molecule is O=S1(=O)NCCCNc2nc(ncc2CCNS(=O)(=O)c2ncn[nH]2)Nc2cccc1c2. The molecular formula is C17H21N9O4S2. The van der Waals surface area contributed by atoms with Gasteiger partial charge in [0.25, 0.3) is 15.2 Å². The molecule has 1 aliphatic rings. The highest BCUT2D eigenvalue weighted by Gasteiger charge is 2.18. The van der Waals surface area contributed by atoms with Gasteiger partial charge in [0.05, 0.1) is 4.90 Å². The number of hydrogen-bond donors (Lipinski definition) is 5. The molecule has 3 aromatic rings. The van der Waals surface area contributed by atoms with Crippen molar-refractivity contribution in [1.29, 1.82) is 0 Å². The Morgan fingerprint density at radius 3 is 2.84 bits per heavy atom. The average Bonchev–Trinajstić information content (AvgIpc) is 3.30. The number of hydrogen-bond acceptors (Lipinski definition) is 10. The molecule has 5 N–H and O–H groups in total. The maximum Gasteiger partial charge on any atom is 0.275 e. The second kappa shape index (κ2) is 9.15. The zero-order valence-corrected chi connectivity index (χ0v) is 18.4. The minimum atomic E-state index is -3.80. The number of aromatic nitrogens is 5. The summed E-state index contributed by atoms with van der Waals surface area (Å²) in [4.78, 5) is 12.6. The van der Waals surface area contributed by atoms with Crippen LogP contribution in [0.1, 0.15) is 12.0 Å².